The van der Waals surface area contributed by atoms with Crippen LogP contribution in [0.3, 0.4) is 0 Å². The molecule has 1 aliphatic carbocycles. The maximum absolute atomic E-state index is 5.80. The van der Waals surface area contributed by atoms with E-state index in [9.17, 15) is 0 Å². The molecule has 2 fully saturated rings. The zero-order valence-corrected chi connectivity index (χ0v) is 11.8. The van der Waals surface area contributed by atoms with Crippen LogP contribution in [0.1, 0.15) is 40.5 Å². The van der Waals surface area contributed by atoms with E-state index < -0.39 is 0 Å². The number of rotatable bonds is 5. The van der Waals surface area contributed by atoms with E-state index >= 15 is 0 Å². The van der Waals surface area contributed by atoms with Crippen LogP contribution in [0.5, 0.6) is 0 Å². The molecule has 3 heteroatoms. The lowest BCUT2D eigenvalue weighted by atomic mass is 10.0. The monoisotopic (exact) mass is 240 g/mol. The third-order valence-electron chi connectivity index (χ3n) is 4.15. The average molecular weight is 240 g/mol. The highest BCUT2D eigenvalue weighted by Gasteiger charge is 2.29. The van der Waals surface area contributed by atoms with Gasteiger partial charge in [0.25, 0.3) is 0 Å². The third kappa shape index (κ3) is 3.94. The lowest BCUT2D eigenvalue weighted by Crippen LogP contribution is -2.52. The Hall–Kier alpha value is -0.120. The predicted molar refractivity (Wildman–Crippen MR) is 71.2 cm³/mol. The first-order valence-corrected chi connectivity index (χ1v) is 7.19. The van der Waals surface area contributed by atoms with Gasteiger partial charge in [-0.15, -0.1) is 0 Å². The van der Waals surface area contributed by atoms with Gasteiger partial charge in [0.15, 0.2) is 0 Å². The van der Waals surface area contributed by atoms with Crippen molar-refractivity contribution in [1.29, 1.82) is 0 Å². The highest BCUT2D eigenvalue weighted by atomic mass is 16.5. The summed E-state index contributed by atoms with van der Waals surface area (Å²) in [7, 11) is 0. The molecular formula is C14H28N2O. The Balaban J connectivity index is 1.77. The SMILES string of the molecule is CC(CNC1CC1)C(C)N1C[C@@H](C)O[C@@H](C)C1. The average Bonchev–Trinajstić information content (AvgIpc) is 3.07. The molecule has 4 atom stereocenters. The van der Waals surface area contributed by atoms with Gasteiger partial charge in [-0.1, -0.05) is 6.92 Å². The molecule has 0 amide bonds. The maximum atomic E-state index is 5.80. The first-order valence-electron chi connectivity index (χ1n) is 7.19. The van der Waals surface area contributed by atoms with Crippen molar-refractivity contribution in [3.63, 3.8) is 0 Å². The number of nitrogens with one attached hydrogen (secondary N) is 1. The number of ether oxygens (including phenoxy) is 1. The van der Waals surface area contributed by atoms with Crippen LogP contribution in [-0.2, 0) is 4.74 Å². The van der Waals surface area contributed by atoms with Gasteiger partial charge in [0, 0.05) is 25.2 Å². The van der Waals surface area contributed by atoms with Crippen molar-refractivity contribution in [2.75, 3.05) is 19.6 Å². The molecule has 1 saturated heterocycles. The Morgan fingerprint density at radius 3 is 2.29 bits per heavy atom. The molecule has 2 unspecified atom stereocenters. The van der Waals surface area contributed by atoms with Crippen molar-refractivity contribution in [2.24, 2.45) is 5.92 Å². The fourth-order valence-electron chi connectivity index (χ4n) is 2.72. The van der Waals surface area contributed by atoms with Crippen LogP contribution in [0, 0.1) is 5.92 Å². The summed E-state index contributed by atoms with van der Waals surface area (Å²) in [5.41, 5.74) is 0. The molecule has 1 N–H and O–H groups in total. The molecule has 1 aliphatic heterocycles. The molecule has 0 spiro atoms. The second-order valence-electron chi connectivity index (χ2n) is 6.11. The molecule has 100 valence electrons. The zero-order valence-electron chi connectivity index (χ0n) is 11.8. The normalized spacial score (nSPS) is 34.6. The summed E-state index contributed by atoms with van der Waals surface area (Å²) < 4.78 is 5.80. The first kappa shape index (κ1) is 13.3. The predicted octanol–water partition coefficient (Wildman–Crippen LogP) is 1.87. The molecular weight excluding hydrogens is 212 g/mol. The summed E-state index contributed by atoms with van der Waals surface area (Å²) >= 11 is 0. The molecule has 2 aliphatic rings. The summed E-state index contributed by atoms with van der Waals surface area (Å²) in [4.78, 5) is 2.60. The zero-order chi connectivity index (χ0) is 12.4. The van der Waals surface area contributed by atoms with Gasteiger partial charge in [0.1, 0.15) is 0 Å². The fraction of sp³-hybridized carbons (Fsp3) is 1.00. The molecule has 3 nitrogen and oxygen atoms in total. The van der Waals surface area contributed by atoms with E-state index in [-0.39, 0.29) is 0 Å². The van der Waals surface area contributed by atoms with Crippen LogP contribution in [0.15, 0.2) is 0 Å². The second kappa shape index (κ2) is 5.68. The van der Waals surface area contributed by atoms with E-state index in [1.807, 2.05) is 0 Å². The van der Waals surface area contributed by atoms with E-state index in [2.05, 4.69) is 37.9 Å². The largest absolute Gasteiger partial charge is 0.373 e. The maximum Gasteiger partial charge on any atom is 0.0678 e. The Bertz CT molecular complexity index is 232. The van der Waals surface area contributed by atoms with Crippen molar-refractivity contribution in [3.05, 3.63) is 0 Å². The lowest BCUT2D eigenvalue weighted by molar-refractivity contribution is -0.0837. The highest BCUT2D eigenvalue weighted by molar-refractivity contribution is 4.85. The van der Waals surface area contributed by atoms with Crippen molar-refractivity contribution in [2.45, 2.75) is 64.8 Å². The highest BCUT2D eigenvalue weighted by Crippen LogP contribution is 2.21. The van der Waals surface area contributed by atoms with Crippen LogP contribution in [0.2, 0.25) is 0 Å². The summed E-state index contributed by atoms with van der Waals surface area (Å²) in [5, 5.41) is 3.64. The van der Waals surface area contributed by atoms with Crippen LogP contribution in [0.25, 0.3) is 0 Å². The number of hydrogen-bond acceptors (Lipinski definition) is 3. The second-order valence-corrected chi connectivity index (χ2v) is 6.11. The fourth-order valence-corrected chi connectivity index (χ4v) is 2.72. The third-order valence-corrected chi connectivity index (χ3v) is 4.15. The van der Waals surface area contributed by atoms with Gasteiger partial charge in [-0.05, 0) is 46.1 Å². The molecule has 1 saturated carbocycles. The smallest absolute Gasteiger partial charge is 0.0678 e. The summed E-state index contributed by atoms with van der Waals surface area (Å²) in [6, 6.07) is 1.47. The Morgan fingerprint density at radius 2 is 1.76 bits per heavy atom. The molecule has 1 heterocycles. The summed E-state index contributed by atoms with van der Waals surface area (Å²) in [6.07, 6.45) is 3.52. The van der Waals surface area contributed by atoms with Crippen molar-refractivity contribution in [1.82, 2.24) is 10.2 Å². The van der Waals surface area contributed by atoms with Gasteiger partial charge in [-0.2, -0.15) is 0 Å². The van der Waals surface area contributed by atoms with Gasteiger partial charge < -0.3 is 10.1 Å². The van der Waals surface area contributed by atoms with Crippen LogP contribution in [-0.4, -0.2) is 48.8 Å². The number of nitrogens with zero attached hydrogens (tertiary/aromatic N) is 1. The summed E-state index contributed by atoms with van der Waals surface area (Å²) in [6.45, 7) is 12.4. The Morgan fingerprint density at radius 1 is 1.18 bits per heavy atom. The van der Waals surface area contributed by atoms with Crippen molar-refractivity contribution < 1.29 is 4.74 Å². The van der Waals surface area contributed by atoms with Crippen LogP contribution < -0.4 is 5.32 Å². The molecule has 17 heavy (non-hydrogen) atoms. The van der Waals surface area contributed by atoms with Crippen LogP contribution >= 0.6 is 0 Å². The Kier molecular flexibility index (Phi) is 4.45. The van der Waals surface area contributed by atoms with Gasteiger partial charge >= 0.3 is 0 Å². The summed E-state index contributed by atoms with van der Waals surface area (Å²) in [5.74, 6) is 0.716. The lowest BCUT2D eigenvalue weighted by Gasteiger charge is -2.41. The van der Waals surface area contributed by atoms with Gasteiger partial charge in [-0.3, -0.25) is 4.90 Å². The number of hydrogen-bond donors (Lipinski definition) is 1. The standard InChI is InChI=1S/C14H28N2O/c1-10(7-15-14-5-6-14)13(4)16-8-11(2)17-12(3)9-16/h10-15H,5-9H2,1-4H3/t10?,11-,12+,13?. The minimum atomic E-state index is 0.379. The van der Waals surface area contributed by atoms with E-state index in [1.165, 1.54) is 12.8 Å². The van der Waals surface area contributed by atoms with Gasteiger partial charge in [0.05, 0.1) is 12.2 Å². The van der Waals surface area contributed by atoms with E-state index in [0.29, 0.717) is 24.2 Å². The Labute approximate surface area is 106 Å². The molecule has 0 aromatic rings. The number of morpholine rings is 1. The van der Waals surface area contributed by atoms with E-state index in [4.69, 9.17) is 4.74 Å². The van der Waals surface area contributed by atoms with Crippen LogP contribution in [0.4, 0.5) is 0 Å². The van der Waals surface area contributed by atoms with Crippen molar-refractivity contribution >= 4 is 0 Å². The molecule has 0 bridgehead atoms. The molecule has 2 rings (SSSR count). The minimum absolute atomic E-state index is 0.379. The van der Waals surface area contributed by atoms with E-state index in [0.717, 1.165) is 25.7 Å². The topological polar surface area (TPSA) is 24.5 Å². The first-order chi connectivity index (χ1) is 8.06. The van der Waals surface area contributed by atoms with Gasteiger partial charge in [-0.25, -0.2) is 0 Å². The molecule has 0 aromatic heterocycles. The minimum Gasteiger partial charge on any atom is -0.373 e. The molecule has 0 aromatic carbocycles. The van der Waals surface area contributed by atoms with Gasteiger partial charge in [0.2, 0.25) is 0 Å². The van der Waals surface area contributed by atoms with E-state index in [1.54, 1.807) is 0 Å². The quantitative estimate of drug-likeness (QED) is 0.794. The van der Waals surface area contributed by atoms with Crippen molar-refractivity contribution in [3.8, 4) is 0 Å². The molecule has 0 radical (unpaired) electrons.